The lowest BCUT2D eigenvalue weighted by atomic mass is 9.97. The number of carbonyl (C=O) groups is 4. The molecule has 0 aliphatic carbocycles. The average Bonchev–Trinajstić information content (AvgIpc) is 3.22. The number of ether oxygens (including phenoxy) is 6. The van der Waals surface area contributed by atoms with Gasteiger partial charge in [0.25, 0.3) is 5.90 Å². The molecule has 3 unspecified atom stereocenters. The zero-order valence-corrected chi connectivity index (χ0v) is 29.2. The SMILES string of the molecule is O=C(OCC1O[C@@H](OC(=Nc2ccccc2)C(F)(F)F)C(OC(=O)c2ccccc2)C(OC(=O)c2ccccc2)[C@@H]1OC(=O)c1ccccc1)c1ccccc1. The molecule has 56 heavy (non-hydrogen) atoms. The van der Waals surface area contributed by atoms with Crippen molar-refractivity contribution < 1.29 is 60.8 Å². The molecule has 5 aromatic carbocycles. The Morgan fingerprint density at radius 2 is 0.875 bits per heavy atom. The van der Waals surface area contributed by atoms with E-state index in [0.717, 1.165) is 0 Å². The summed E-state index contributed by atoms with van der Waals surface area (Å²) in [6.07, 6.45) is -15.0. The fourth-order valence-corrected chi connectivity index (χ4v) is 5.51. The summed E-state index contributed by atoms with van der Waals surface area (Å²) in [6, 6.07) is 37.3. The third-order valence-corrected chi connectivity index (χ3v) is 8.19. The maximum Gasteiger partial charge on any atom is 0.468 e. The van der Waals surface area contributed by atoms with Gasteiger partial charge in [-0.1, -0.05) is 91.0 Å². The Morgan fingerprint density at radius 3 is 1.30 bits per heavy atom. The Bertz CT molecular complexity index is 2120. The lowest BCUT2D eigenvalue weighted by Gasteiger charge is -2.44. The van der Waals surface area contributed by atoms with Crippen LogP contribution in [0.4, 0.5) is 18.9 Å². The van der Waals surface area contributed by atoms with Crippen molar-refractivity contribution in [2.24, 2.45) is 4.99 Å². The van der Waals surface area contributed by atoms with E-state index in [4.69, 9.17) is 28.4 Å². The molecule has 0 spiro atoms. The van der Waals surface area contributed by atoms with Gasteiger partial charge in [-0.05, 0) is 60.7 Å². The molecule has 6 rings (SSSR count). The lowest BCUT2D eigenvalue weighted by Crippen LogP contribution is -2.63. The van der Waals surface area contributed by atoms with Crippen LogP contribution in [0.15, 0.2) is 157 Å². The molecular formula is C42H32F3NO10. The summed E-state index contributed by atoms with van der Waals surface area (Å²) in [5, 5.41) is 0. The molecule has 286 valence electrons. The summed E-state index contributed by atoms with van der Waals surface area (Å²) in [7, 11) is 0. The number of aliphatic imine (C=N–C) groups is 1. The molecule has 5 atom stereocenters. The van der Waals surface area contributed by atoms with E-state index < -0.39 is 73.3 Å². The van der Waals surface area contributed by atoms with Gasteiger partial charge in [-0.15, -0.1) is 0 Å². The number of benzene rings is 5. The van der Waals surface area contributed by atoms with Crippen LogP contribution in [0.5, 0.6) is 0 Å². The first kappa shape index (κ1) is 38.9. The molecule has 1 fully saturated rings. The minimum atomic E-state index is -5.24. The zero-order valence-electron chi connectivity index (χ0n) is 29.2. The van der Waals surface area contributed by atoms with Gasteiger partial charge in [-0.25, -0.2) is 24.2 Å². The van der Waals surface area contributed by atoms with Gasteiger partial charge in [-0.2, -0.15) is 13.2 Å². The smallest absolute Gasteiger partial charge is 0.459 e. The highest BCUT2D eigenvalue weighted by Gasteiger charge is 2.56. The summed E-state index contributed by atoms with van der Waals surface area (Å²) in [5.41, 5.74) is -0.0451. The number of hydrogen-bond donors (Lipinski definition) is 0. The van der Waals surface area contributed by atoms with Gasteiger partial charge in [0.05, 0.1) is 27.9 Å². The van der Waals surface area contributed by atoms with Crippen molar-refractivity contribution >= 4 is 35.5 Å². The van der Waals surface area contributed by atoms with Crippen LogP contribution in [0.3, 0.4) is 0 Å². The summed E-state index contributed by atoms with van der Waals surface area (Å²) in [5.74, 6) is -5.77. The monoisotopic (exact) mass is 767 g/mol. The van der Waals surface area contributed by atoms with Gasteiger partial charge >= 0.3 is 30.1 Å². The second-order valence-corrected chi connectivity index (χ2v) is 12.1. The number of hydrogen-bond acceptors (Lipinski definition) is 11. The molecule has 0 N–H and O–H groups in total. The van der Waals surface area contributed by atoms with Crippen LogP contribution >= 0.6 is 0 Å². The number of carbonyl (C=O) groups excluding carboxylic acids is 4. The first-order chi connectivity index (χ1) is 27.1. The maximum absolute atomic E-state index is 14.7. The number of halogens is 3. The maximum atomic E-state index is 14.7. The van der Waals surface area contributed by atoms with Crippen molar-refractivity contribution in [3.05, 3.63) is 174 Å². The van der Waals surface area contributed by atoms with E-state index in [-0.39, 0.29) is 27.9 Å². The summed E-state index contributed by atoms with van der Waals surface area (Å²) in [4.78, 5) is 57.7. The van der Waals surface area contributed by atoms with Crippen molar-refractivity contribution in [3.63, 3.8) is 0 Å². The molecule has 1 aliphatic heterocycles. The Hall–Kier alpha value is -6.80. The van der Waals surface area contributed by atoms with Crippen LogP contribution in [-0.4, -0.2) is 73.3 Å². The molecule has 5 aromatic rings. The van der Waals surface area contributed by atoms with Crippen LogP contribution in [0.25, 0.3) is 0 Å². The summed E-state index contributed by atoms with van der Waals surface area (Å²) in [6.45, 7) is -0.768. The largest absolute Gasteiger partial charge is 0.468 e. The first-order valence-corrected chi connectivity index (χ1v) is 17.1. The van der Waals surface area contributed by atoms with Crippen molar-refractivity contribution in [2.45, 2.75) is 36.9 Å². The topological polar surface area (TPSA) is 136 Å². The Kier molecular flexibility index (Phi) is 12.5. The van der Waals surface area contributed by atoms with E-state index in [9.17, 15) is 32.3 Å². The molecule has 0 bridgehead atoms. The second kappa shape index (κ2) is 18.0. The fraction of sp³-hybridized carbons (Fsp3) is 0.167. The summed E-state index contributed by atoms with van der Waals surface area (Å²) < 4.78 is 78.6. The number of para-hydroxylation sites is 1. The standard InChI is InChI=1S/C42H32F3NO10/c43-42(44,45)41(46-31-24-14-5-15-25-31)56-40-35(55-39(50)30-22-12-4-13-23-30)34(54-38(49)29-20-10-3-11-21-29)33(53-37(48)28-18-8-2-9-19-28)32(52-40)26-51-36(47)27-16-6-1-7-17-27/h1-25,32-35,40H,26H2/t32?,33-,34?,35?,40+/m1/s1. The van der Waals surface area contributed by atoms with Gasteiger partial charge in [-0.3, -0.25) is 0 Å². The molecule has 1 aliphatic rings. The third kappa shape index (κ3) is 10.0. The number of esters is 4. The van der Waals surface area contributed by atoms with Gasteiger partial charge in [0.1, 0.15) is 12.7 Å². The highest BCUT2D eigenvalue weighted by molar-refractivity contribution is 5.92. The van der Waals surface area contributed by atoms with Crippen molar-refractivity contribution in [1.29, 1.82) is 0 Å². The highest BCUT2D eigenvalue weighted by Crippen LogP contribution is 2.34. The van der Waals surface area contributed by atoms with Gasteiger partial charge in [0.15, 0.2) is 12.2 Å². The Morgan fingerprint density at radius 1 is 0.500 bits per heavy atom. The Balaban J connectivity index is 1.46. The van der Waals surface area contributed by atoms with Crippen LogP contribution in [0, 0.1) is 0 Å². The highest BCUT2D eigenvalue weighted by atomic mass is 19.4. The molecule has 14 heteroatoms. The van der Waals surface area contributed by atoms with Crippen molar-refractivity contribution in [1.82, 2.24) is 0 Å². The molecular weight excluding hydrogens is 735 g/mol. The van der Waals surface area contributed by atoms with Crippen LogP contribution in [0.1, 0.15) is 41.4 Å². The molecule has 1 heterocycles. The first-order valence-electron chi connectivity index (χ1n) is 17.1. The Labute approximate surface area is 318 Å². The van der Waals surface area contributed by atoms with E-state index >= 15 is 0 Å². The normalized spacial score (nSPS) is 19.6. The second-order valence-electron chi connectivity index (χ2n) is 12.1. The van der Waals surface area contributed by atoms with Crippen LogP contribution in [0.2, 0.25) is 0 Å². The molecule has 11 nitrogen and oxygen atoms in total. The minimum Gasteiger partial charge on any atom is -0.459 e. The predicted octanol–water partition coefficient (Wildman–Crippen LogP) is 7.55. The summed E-state index contributed by atoms with van der Waals surface area (Å²) >= 11 is 0. The van der Waals surface area contributed by atoms with Gasteiger partial charge in [0.2, 0.25) is 12.4 Å². The zero-order chi connectivity index (χ0) is 39.5. The average molecular weight is 768 g/mol. The van der Waals surface area contributed by atoms with Gasteiger partial charge in [0, 0.05) is 0 Å². The van der Waals surface area contributed by atoms with E-state index in [2.05, 4.69) is 4.99 Å². The minimum absolute atomic E-state index is 0.00796. The van der Waals surface area contributed by atoms with E-state index in [1.54, 1.807) is 54.6 Å². The quantitative estimate of drug-likeness (QED) is 0.0574. The molecule has 0 aromatic heterocycles. The van der Waals surface area contributed by atoms with E-state index in [1.165, 1.54) is 97.1 Å². The van der Waals surface area contributed by atoms with E-state index in [0.29, 0.717) is 0 Å². The molecule has 1 saturated heterocycles. The van der Waals surface area contributed by atoms with Crippen LogP contribution in [-0.2, 0) is 28.4 Å². The van der Waals surface area contributed by atoms with Crippen LogP contribution < -0.4 is 0 Å². The number of rotatable bonds is 11. The molecule has 0 saturated carbocycles. The lowest BCUT2D eigenvalue weighted by molar-refractivity contribution is -0.283. The van der Waals surface area contributed by atoms with Crippen molar-refractivity contribution in [3.8, 4) is 0 Å². The number of alkyl halides is 3. The van der Waals surface area contributed by atoms with E-state index in [1.807, 2.05) is 0 Å². The predicted molar refractivity (Wildman–Crippen MR) is 193 cm³/mol. The molecule has 0 radical (unpaired) electrons. The molecule has 0 amide bonds. The van der Waals surface area contributed by atoms with Gasteiger partial charge < -0.3 is 28.4 Å². The number of nitrogens with zero attached hydrogens (tertiary/aromatic N) is 1. The third-order valence-electron chi connectivity index (χ3n) is 8.19. The fourth-order valence-electron chi connectivity index (χ4n) is 5.51. The van der Waals surface area contributed by atoms with Crippen molar-refractivity contribution in [2.75, 3.05) is 6.61 Å².